The molecule has 0 amide bonds. The Kier molecular flexibility index (Phi) is 15.8. The minimum absolute atomic E-state index is 0.167. The molecule has 2 nitrogen and oxygen atoms in total. The highest BCUT2D eigenvalue weighted by atomic mass is 35.5. The molecule has 0 fully saturated rings. The van der Waals surface area contributed by atoms with Gasteiger partial charge in [0.15, 0.2) is 0 Å². The summed E-state index contributed by atoms with van der Waals surface area (Å²) in [5, 5.41) is 1.07. The molecule has 0 saturated carbocycles. The van der Waals surface area contributed by atoms with Crippen molar-refractivity contribution >= 4 is 40.7 Å². The highest BCUT2D eigenvalue weighted by Crippen LogP contribution is 2.28. The first-order valence-corrected chi connectivity index (χ1v) is 11.5. The summed E-state index contributed by atoms with van der Waals surface area (Å²) in [7, 11) is 0. The molecular formula is C24H33Cl2NOS. The van der Waals surface area contributed by atoms with E-state index < -0.39 is 0 Å². The van der Waals surface area contributed by atoms with Gasteiger partial charge in [0.05, 0.1) is 10.7 Å². The van der Waals surface area contributed by atoms with Gasteiger partial charge >= 0.3 is 0 Å². The van der Waals surface area contributed by atoms with Crippen molar-refractivity contribution in [2.45, 2.75) is 59.1 Å². The van der Waals surface area contributed by atoms with Crippen LogP contribution in [0.15, 0.2) is 64.6 Å². The number of nitrogens with zero attached hydrogens (tertiary/aromatic N) is 1. The third-order valence-corrected chi connectivity index (χ3v) is 5.47. The van der Waals surface area contributed by atoms with E-state index in [0.717, 1.165) is 34.4 Å². The number of pyridine rings is 1. The number of ketones is 1. The zero-order chi connectivity index (χ0) is 22.2. The molecule has 0 radical (unpaired) electrons. The molecule has 0 N–H and O–H groups in total. The van der Waals surface area contributed by atoms with Crippen LogP contribution in [0, 0.1) is 5.92 Å². The van der Waals surface area contributed by atoms with Crippen LogP contribution in [0.4, 0.5) is 0 Å². The van der Waals surface area contributed by atoms with Crippen molar-refractivity contribution in [3.8, 4) is 0 Å². The number of carbonyl (C=O) groups excluding carboxylic acids is 1. The second-order valence-corrected chi connectivity index (χ2v) is 8.93. The standard InChI is InChI=1S/C21H27Cl2NS.C3H6O/c1-5-16(2)9-6-11-19-12-8-13-20(24-19)15-25-18(4)21(23)14-7-10-17(3)22;1-3(2)4/h7-8,10,12-14,16H,3-6,9,11,15H2,1-2H3;1-2H3/b10-7-,21-14+;. The maximum absolute atomic E-state index is 9.44. The molecule has 1 atom stereocenters. The normalized spacial score (nSPS) is 12.3. The molecule has 0 bridgehead atoms. The lowest BCUT2D eigenvalue weighted by atomic mass is 10.0. The van der Waals surface area contributed by atoms with Gasteiger partial charge in [-0.2, -0.15) is 0 Å². The molecule has 0 saturated heterocycles. The van der Waals surface area contributed by atoms with Crippen LogP contribution in [-0.4, -0.2) is 10.8 Å². The fourth-order valence-corrected chi connectivity index (χ4v) is 3.14. The van der Waals surface area contributed by atoms with Gasteiger partial charge in [0.2, 0.25) is 0 Å². The summed E-state index contributed by atoms with van der Waals surface area (Å²) in [5.41, 5.74) is 2.22. The number of aromatic nitrogens is 1. The number of hydrogen-bond acceptors (Lipinski definition) is 3. The van der Waals surface area contributed by atoms with E-state index in [-0.39, 0.29) is 5.78 Å². The Balaban J connectivity index is 0.00000178. The third kappa shape index (κ3) is 16.2. The van der Waals surface area contributed by atoms with E-state index in [9.17, 15) is 4.79 Å². The molecule has 29 heavy (non-hydrogen) atoms. The number of thioether (sulfide) groups is 1. The summed E-state index contributed by atoms with van der Waals surface area (Å²) in [4.78, 5) is 15.0. The Bertz CT molecular complexity index is 721. The molecule has 0 spiro atoms. The number of hydrogen-bond donors (Lipinski definition) is 0. The van der Waals surface area contributed by atoms with Crippen LogP contribution in [-0.2, 0) is 17.0 Å². The SMILES string of the molecule is C=C(Cl)/C=C\C=C(\Cl)C(=C)SCc1cccc(CCCC(C)CC)n1.CC(C)=O. The summed E-state index contributed by atoms with van der Waals surface area (Å²) in [5.74, 6) is 1.72. The van der Waals surface area contributed by atoms with Gasteiger partial charge in [0, 0.05) is 21.4 Å². The predicted molar refractivity (Wildman–Crippen MR) is 131 cm³/mol. The van der Waals surface area contributed by atoms with E-state index in [2.05, 4.69) is 39.1 Å². The number of aryl methyl sites for hydroxylation is 1. The first-order valence-electron chi connectivity index (χ1n) is 9.78. The average molecular weight is 455 g/mol. The van der Waals surface area contributed by atoms with Crippen molar-refractivity contribution in [2.75, 3.05) is 0 Å². The van der Waals surface area contributed by atoms with Gasteiger partial charge in [-0.1, -0.05) is 75.2 Å². The monoisotopic (exact) mass is 453 g/mol. The van der Waals surface area contributed by atoms with Gasteiger partial charge in [-0.25, -0.2) is 0 Å². The van der Waals surface area contributed by atoms with Crippen LogP contribution in [0.2, 0.25) is 0 Å². The van der Waals surface area contributed by atoms with Gasteiger partial charge in [-0.15, -0.1) is 11.8 Å². The highest BCUT2D eigenvalue weighted by molar-refractivity contribution is 8.02. The summed E-state index contributed by atoms with van der Waals surface area (Å²) in [6, 6.07) is 6.24. The van der Waals surface area contributed by atoms with E-state index in [4.69, 9.17) is 28.2 Å². The van der Waals surface area contributed by atoms with Crippen molar-refractivity contribution in [1.29, 1.82) is 0 Å². The minimum atomic E-state index is 0.167. The summed E-state index contributed by atoms with van der Waals surface area (Å²) in [6.45, 7) is 15.2. The van der Waals surface area contributed by atoms with E-state index >= 15 is 0 Å². The minimum Gasteiger partial charge on any atom is -0.300 e. The number of carbonyl (C=O) groups is 1. The topological polar surface area (TPSA) is 30.0 Å². The first-order chi connectivity index (χ1) is 13.6. The maximum Gasteiger partial charge on any atom is 0.126 e. The Hall–Kier alpha value is -1.29. The zero-order valence-corrected chi connectivity index (χ0v) is 20.3. The molecule has 1 aromatic rings. The van der Waals surface area contributed by atoms with Crippen molar-refractivity contribution in [1.82, 2.24) is 4.98 Å². The zero-order valence-electron chi connectivity index (χ0n) is 18.0. The van der Waals surface area contributed by atoms with E-state index in [1.54, 1.807) is 30.0 Å². The predicted octanol–water partition coefficient (Wildman–Crippen LogP) is 8.22. The van der Waals surface area contributed by atoms with Crippen LogP contribution in [0.3, 0.4) is 0 Å². The summed E-state index contributed by atoms with van der Waals surface area (Å²) in [6.07, 6.45) is 9.95. The third-order valence-electron chi connectivity index (χ3n) is 3.87. The van der Waals surface area contributed by atoms with Crippen LogP contribution in [0.25, 0.3) is 0 Å². The Labute approximate surface area is 191 Å². The van der Waals surface area contributed by atoms with Gasteiger partial charge in [-0.3, -0.25) is 4.98 Å². The van der Waals surface area contributed by atoms with Crippen molar-refractivity contribution in [3.05, 3.63) is 75.9 Å². The smallest absolute Gasteiger partial charge is 0.126 e. The number of Topliss-reactive ketones (excluding diaryl/α,β-unsaturated/α-hetero) is 1. The highest BCUT2D eigenvalue weighted by Gasteiger charge is 2.04. The van der Waals surface area contributed by atoms with Crippen LogP contribution >= 0.6 is 35.0 Å². The summed E-state index contributed by atoms with van der Waals surface area (Å²) < 4.78 is 0. The Morgan fingerprint density at radius 1 is 1.24 bits per heavy atom. The number of rotatable bonds is 11. The largest absolute Gasteiger partial charge is 0.300 e. The lowest BCUT2D eigenvalue weighted by molar-refractivity contribution is -0.114. The quantitative estimate of drug-likeness (QED) is 0.316. The van der Waals surface area contributed by atoms with Crippen LogP contribution in [0.5, 0.6) is 0 Å². The lowest BCUT2D eigenvalue weighted by Gasteiger charge is -2.08. The molecule has 1 aromatic heterocycles. The summed E-state index contributed by atoms with van der Waals surface area (Å²) >= 11 is 13.5. The second kappa shape index (κ2) is 16.5. The van der Waals surface area contributed by atoms with Crippen molar-refractivity contribution in [2.24, 2.45) is 5.92 Å². The lowest BCUT2D eigenvalue weighted by Crippen LogP contribution is -1.97. The first kappa shape index (κ1) is 27.7. The molecule has 1 heterocycles. The Morgan fingerprint density at radius 3 is 2.45 bits per heavy atom. The molecule has 0 aliphatic rings. The van der Waals surface area contributed by atoms with Gasteiger partial charge in [0.25, 0.3) is 0 Å². The second-order valence-electron chi connectivity index (χ2n) is 6.97. The van der Waals surface area contributed by atoms with E-state index in [1.807, 2.05) is 6.07 Å². The molecule has 5 heteroatoms. The average Bonchev–Trinajstić information content (AvgIpc) is 2.65. The number of allylic oxidation sites excluding steroid dienone is 5. The molecule has 0 aromatic carbocycles. The molecule has 1 unspecified atom stereocenters. The van der Waals surface area contributed by atoms with Gasteiger partial charge in [-0.05, 0) is 56.9 Å². The number of halogens is 2. The molecule has 0 aliphatic heterocycles. The molecule has 0 aliphatic carbocycles. The van der Waals surface area contributed by atoms with Crippen LogP contribution in [0.1, 0.15) is 58.3 Å². The van der Waals surface area contributed by atoms with E-state index in [0.29, 0.717) is 10.1 Å². The molecule has 160 valence electrons. The van der Waals surface area contributed by atoms with Crippen molar-refractivity contribution < 1.29 is 4.79 Å². The van der Waals surface area contributed by atoms with Crippen molar-refractivity contribution in [3.63, 3.8) is 0 Å². The van der Waals surface area contributed by atoms with Gasteiger partial charge in [0.1, 0.15) is 5.78 Å². The maximum atomic E-state index is 9.44. The molecule has 1 rings (SSSR count). The van der Waals surface area contributed by atoms with Crippen LogP contribution < -0.4 is 0 Å². The van der Waals surface area contributed by atoms with E-state index in [1.165, 1.54) is 33.1 Å². The van der Waals surface area contributed by atoms with Gasteiger partial charge < -0.3 is 4.79 Å². The fourth-order valence-electron chi connectivity index (χ4n) is 2.14. The fraction of sp³-hybridized carbons (Fsp3) is 0.417. The Morgan fingerprint density at radius 2 is 1.86 bits per heavy atom. The molecular weight excluding hydrogens is 421 g/mol.